The minimum absolute atomic E-state index is 0.0323. The van der Waals surface area contributed by atoms with Gasteiger partial charge in [-0.1, -0.05) is 78.9 Å². The summed E-state index contributed by atoms with van der Waals surface area (Å²) in [5, 5.41) is 0. The second kappa shape index (κ2) is 11.6. The molecule has 38 heavy (non-hydrogen) atoms. The van der Waals surface area contributed by atoms with Gasteiger partial charge >= 0.3 is 0 Å². The third kappa shape index (κ3) is 5.16. The van der Waals surface area contributed by atoms with Crippen molar-refractivity contribution in [2.75, 3.05) is 26.2 Å². The summed E-state index contributed by atoms with van der Waals surface area (Å²) in [5.41, 5.74) is 8.44. The number of carbonyl (C=O) groups is 2. The Bertz CT molecular complexity index is 1200. The van der Waals surface area contributed by atoms with Crippen LogP contribution in [-0.4, -0.2) is 48.2 Å². The van der Waals surface area contributed by atoms with Crippen molar-refractivity contribution in [2.24, 2.45) is 17.6 Å². The van der Waals surface area contributed by atoms with Crippen molar-refractivity contribution in [3.05, 3.63) is 107 Å². The van der Waals surface area contributed by atoms with Crippen LogP contribution in [0.2, 0.25) is 0 Å². The van der Waals surface area contributed by atoms with E-state index in [0.29, 0.717) is 30.8 Å². The van der Waals surface area contributed by atoms with E-state index in [1.54, 1.807) is 0 Å². The summed E-state index contributed by atoms with van der Waals surface area (Å²) < 4.78 is 15.6. The Morgan fingerprint density at radius 3 is 1.87 bits per heavy atom. The van der Waals surface area contributed by atoms with Crippen LogP contribution in [-0.2, 0) is 28.1 Å². The lowest BCUT2D eigenvalue weighted by Crippen LogP contribution is -2.49. The molecule has 3 aromatic carbocycles. The van der Waals surface area contributed by atoms with Crippen molar-refractivity contribution >= 4 is 12.2 Å². The molecule has 2 fully saturated rings. The molecule has 1 amide bonds. The molecule has 2 heterocycles. The van der Waals surface area contributed by atoms with E-state index >= 15 is 4.39 Å². The number of piperidine rings is 1. The minimum Gasteiger partial charge on any atom is -0.369 e. The highest BCUT2D eigenvalue weighted by atomic mass is 19.1. The molecule has 0 unspecified atom stereocenters. The maximum atomic E-state index is 15.6. The van der Waals surface area contributed by atoms with Gasteiger partial charge in [-0.25, -0.2) is 4.39 Å². The summed E-state index contributed by atoms with van der Waals surface area (Å²) >= 11 is 0. The van der Waals surface area contributed by atoms with E-state index in [0.717, 1.165) is 56.3 Å². The maximum absolute atomic E-state index is 15.6. The predicted molar refractivity (Wildman–Crippen MR) is 147 cm³/mol. The van der Waals surface area contributed by atoms with Gasteiger partial charge in [0.2, 0.25) is 5.91 Å². The number of primary amides is 1. The molecule has 5 rings (SSSR count). The van der Waals surface area contributed by atoms with Crippen LogP contribution in [0.3, 0.4) is 0 Å². The van der Waals surface area contributed by atoms with Crippen LogP contribution in [0.25, 0.3) is 0 Å². The lowest BCUT2D eigenvalue weighted by molar-refractivity contribution is -0.123. The topological polar surface area (TPSA) is 66.6 Å². The van der Waals surface area contributed by atoms with Gasteiger partial charge in [0.25, 0.3) is 0 Å². The van der Waals surface area contributed by atoms with E-state index in [1.807, 2.05) is 78.9 Å². The summed E-state index contributed by atoms with van der Waals surface area (Å²) in [6.07, 6.45) is 3.51. The van der Waals surface area contributed by atoms with E-state index < -0.39 is 5.41 Å². The molecule has 0 spiro atoms. The van der Waals surface area contributed by atoms with Gasteiger partial charge in [-0.05, 0) is 55.9 Å². The minimum atomic E-state index is -0.953. The van der Waals surface area contributed by atoms with Gasteiger partial charge < -0.3 is 10.5 Å². The predicted octanol–water partition coefficient (Wildman–Crippen LogP) is 4.53. The van der Waals surface area contributed by atoms with Gasteiger partial charge in [0, 0.05) is 36.7 Å². The molecule has 2 aliphatic heterocycles. The van der Waals surface area contributed by atoms with Crippen LogP contribution in [0.1, 0.15) is 41.5 Å². The second-order valence-corrected chi connectivity index (χ2v) is 10.8. The number of carbonyl (C=O) groups excluding carboxylic acids is 2. The number of rotatable bonds is 9. The molecule has 1 atom stereocenters. The lowest BCUT2D eigenvalue weighted by atomic mass is 9.64. The van der Waals surface area contributed by atoms with E-state index in [4.69, 9.17) is 5.73 Å². The van der Waals surface area contributed by atoms with Crippen LogP contribution in [0.4, 0.5) is 4.39 Å². The van der Waals surface area contributed by atoms with Gasteiger partial charge in [-0.2, -0.15) is 0 Å². The Labute approximate surface area is 224 Å². The highest BCUT2D eigenvalue weighted by molar-refractivity contribution is 5.91. The standard InChI is InChI=1S/C32H36FN3O2/c33-30-25(20-35-17-14-24(23-37)15-18-35)8-7-9-26(30)21-36-19-16-29(22-36)32(31(34)38,27-10-3-1-4-11-27)28-12-5-2-6-13-28/h1-13,23-24,29H,14-22H2,(H2,34,38)/t29-/m1/s1. The van der Waals surface area contributed by atoms with E-state index in [2.05, 4.69) is 9.80 Å². The van der Waals surface area contributed by atoms with Gasteiger partial charge in [0.05, 0.1) is 0 Å². The van der Waals surface area contributed by atoms with Crippen LogP contribution in [0.15, 0.2) is 78.9 Å². The van der Waals surface area contributed by atoms with E-state index in [-0.39, 0.29) is 23.6 Å². The van der Waals surface area contributed by atoms with Crippen molar-refractivity contribution in [2.45, 2.75) is 37.8 Å². The van der Waals surface area contributed by atoms with E-state index in [9.17, 15) is 9.59 Å². The zero-order valence-corrected chi connectivity index (χ0v) is 21.8. The fraction of sp³-hybridized carbons (Fsp3) is 0.375. The van der Waals surface area contributed by atoms with E-state index in [1.165, 1.54) is 0 Å². The Morgan fingerprint density at radius 2 is 1.34 bits per heavy atom. The number of hydrogen-bond donors (Lipinski definition) is 1. The van der Waals surface area contributed by atoms with Gasteiger partial charge in [0.1, 0.15) is 17.5 Å². The molecule has 0 saturated carbocycles. The SMILES string of the molecule is NC(=O)C(c1ccccc1)(c1ccccc1)[C@@H]1CCN(Cc2cccc(CN3CCC(C=O)CC3)c2F)C1. The summed E-state index contributed by atoms with van der Waals surface area (Å²) in [7, 11) is 0. The van der Waals surface area contributed by atoms with Crippen LogP contribution < -0.4 is 5.73 Å². The first-order valence-corrected chi connectivity index (χ1v) is 13.6. The number of halogens is 1. The molecule has 2 saturated heterocycles. The van der Waals surface area contributed by atoms with Crippen molar-refractivity contribution in [3.8, 4) is 0 Å². The first-order valence-electron chi connectivity index (χ1n) is 13.6. The highest BCUT2D eigenvalue weighted by Gasteiger charge is 2.49. The molecular weight excluding hydrogens is 477 g/mol. The normalized spacial score (nSPS) is 19.4. The highest BCUT2D eigenvalue weighted by Crippen LogP contribution is 2.44. The van der Waals surface area contributed by atoms with Crippen LogP contribution >= 0.6 is 0 Å². The van der Waals surface area contributed by atoms with Crippen molar-refractivity contribution < 1.29 is 14.0 Å². The number of likely N-dealkylation sites (tertiary alicyclic amines) is 2. The van der Waals surface area contributed by atoms with Crippen molar-refractivity contribution in [1.82, 2.24) is 9.80 Å². The fourth-order valence-electron chi connectivity index (χ4n) is 6.46. The molecule has 5 nitrogen and oxygen atoms in total. The summed E-state index contributed by atoms with van der Waals surface area (Å²) in [6, 6.07) is 25.3. The average Bonchev–Trinajstić information content (AvgIpc) is 3.41. The van der Waals surface area contributed by atoms with Crippen molar-refractivity contribution in [3.63, 3.8) is 0 Å². The zero-order valence-electron chi connectivity index (χ0n) is 21.8. The number of amides is 1. The Hall–Kier alpha value is -3.35. The maximum Gasteiger partial charge on any atom is 0.232 e. The molecule has 2 N–H and O–H groups in total. The monoisotopic (exact) mass is 513 g/mol. The molecule has 198 valence electrons. The molecule has 6 heteroatoms. The summed E-state index contributed by atoms with van der Waals surface area (Å²) in [5.74, 6) is -0.408. The number of nitrogens with zero attached hydrogens (tertiary/aromatic N) is 2. The largest absolute Gasteiger partial charge is 0.369 e. The number of aldehydes is 1. The van der Waals surface area contributed by atoms with Gasteiger partial charge in [-0.3, -0.25) is 14.6 Å². The smallest absolute Gasteiger partial charge is 0.232 e. The lowest BCUT2D eigenvalue weighted by Gasteiger charge is -2.37. The summed E-state index contributed by atoms with van der Waals surface area (Å²) in [6.45, 7) is 4.09. The Morgan fingerprint density at radius 1 is 0.816 bits per heavy atom. The average molecular weight is 514 g/mol. The fourth-order valence-corrected chi connectivity index (χ4v) is 6.46. The first kappa shape index (κ1) is 26.3. The first-order chi connectivity index (χ1) is 18.5. The van der Waals surface area contributed by atoms with Crippen molar-refractivity contribution in [1.29, 1.82) is 0 Å². The molecule has 0 radical (unpaired) electrons. The van der Waals surface area contributed by atoms with Crippen LogP contribution in [0.5, 0.6) is 0 Å². The number of benzene rings is 3. The second-order valence-electron chi connectivity index (χ2n) is 10.8. The van der Waals surface area contributed by atoms with Gasteiger partial charge in [-0.15, -0.1) is 0 Å². The zero-order chi connectivity index (χ0) is 26.5. The third-order valence-electron chi connectivity index (χ3n) is 8.50. The third-order valence-corrected chi connectivity index (χ3v) is 8.50. The summed E-state index contributed by atoms with van der Waals surface area (Å²) in [4.78, 5) is 28.9. The number of hydrogen-bond acceptors (Lipinski definition) is 4. The van der Waals surface area contributed by atoms with Crippen LogP contribution in [0, 0.1) is 17.7 Å². The molecule has 0 aliphatic carbocycles. The number of nitrogens with two attached hydrogens (primary N) is 1. The molecule has 0 aromatic heterocycles. The Balaban J connectivity index is 1.35. The Kier molecular flexibility index (Phi) is 8.01. The quantitative estimate of drug-likeness (QED) is 0.427. The molecular formula is C32H36FN3O2. The molecule has 3 aromatic rings. The molecule has 0 bridgehead atoms. The van der Waals surface area contributed by atoms with Gasteiger partial charge in [0.15, 0.2) is 0 Å². The molecule has 2 aliphatic rings.